The maximum absolute atomic E-state index is 13.4. The van der Waals surface area contributed by atoms with Gasteiger partial charge in [0.2, 0.25) is 5.95 Å². The molecule has 1 aliphatic rings. The molecule has 3 N–H and O–H groups in total. The van der Waals surface area contributed by atoms with Crippen LogP contribution < -0.4 is 11.1 Å². The number of benzene rings is 1. The molecule has 1 heterocycles. The van der Waals surface area contributed by atoms with Crippen LogP contribution in [0.1, 0.15) is 18.4 Å². The van der Waals surface area contributed by atoms with Gasteiger partial charge in [0.25, 0.3) is 5.91 Å². The van der Waals surface area contributed by atoms with E-state index >= 15 is 0 Å². The lowest BCUT2D eigenvalue weighted by Gasteiger charge is -2.11. The van der Waals surface area contributed by atoms with Crippen molar-refractivity contribution in [3.63, 3.8) is 0 Å². The SMILES string of the molecule is NC(/C=C\Nc1ccnc(F)c1)=NC(=O)C1(c2cccc(F)c2)CC1. The number of hydrogen-bond donors (Lipinski definition) is 2. The Balaban J connectivity index is 1.67. The Morgan fingerprint density at radius 2 is 2.08 bits per heavy atom. The fourth-order valence-electron chi connectivity index (χ4n) is 2.51. The van der Waals surface area contributed by atoms with Gasteiger partial charge in [-0.2, -0.15) is 9.38 Å². The lowest BCUT2D eigenvalue weighted by Crippen LogP contribution is -2.22. The molecule has 7 heteroatoms. The molecule has 25 heavy (non-hydrogen) atoms. The van der Waals surface area contributed by atoms with Crippen LogP contribution in [-0.4, -0.2) is 16.7 Å². The molecule has 2 aromatic rings. The molecule has 1 aromatic heterocycles. The summed E-state index contributed by atoms with van der Waals surface area (Å²) in [5.74, 6) is -1.38. The molecule has 5 nitrogen and oxygen atoms in total. The van der Waals surface area contributed by atoms with Crippen LogP contribution in [0.15, 0.2) is 59.9 Å². The van der Waals surface area contributed by atoms with Crippen molar-refractivity contribution < 1.29 is 13.6 Å². The van der Waals surface area contributed by atoms with Crippen molar-refractivity contribution in [3.8, 4) is 0 Å². The largest absolute Gasteiger partial charge is 0.384 e. The zero-order valence-electron chi connectivity index (χ0n) is 13.2. The molecular formula is C18H16F2N4O. The Labute approximate surface area is 143 Å². The standard InChI is InChI=1S/C18H16F2N4O/c19-13-3-1-2-12(10-13)18(6-7-18)17(25)24-16(21)5-9-22-14-4-8-23-15(20)11-14/h1-5,8-11H,6-7H2,(H,22,23)(H2,21,24,25)/b9-5-. The van der Waals surface area contributed by atoms with E-state index in [1.165, 1.54) is 36.7 Å². The van der Waals surface area contributed by atoms with Gasteiger partial charge in [-0.1, -0.05) is 12.1 Å². The minimum absolute atomic E-state index is 0.00899. The van der Waals surface area contributed by atoms with Crippen molar-refractivity contribution in [2.45, 2.75) is 18.3 Å². The minimum atomic E-state index is -0.776. The number of hydrogen-bond acceptors (Lipinski definition) is 3. The number of carbonyl (C=O) groups excluding carboxylic acids is 1. The molecule has 0 atom stereocenters. The van der Waals surface area contributed by atoms with E-state index in [4.69, 9.17) is 5.73 Å². The number of nitrogens with two attached hydrogens (primary N) is 1. The van der Waals surface area contributed by atoms with Gasteiger partial charge in [0, 0.05) is 24.2 Å². The number of aliphatic imine (C=N–C) groups is 1. The van der Waals surface area contributed by atoms with Crippen LogP contribution in [0.25, 0.3) is 0 Å². The van der Waals surface area contributed by atoms with Gasteiger partial charge in [0.1, 0.15) is 11.7 Å². The molecule has 1 aliphatic carbocycles. The number of rotatable bonds is 5. The Morgan fingerprint density at radius 1 is 1.28 bits per heavy atom. The third-order valence-corrected chi connectivity index (χ3v) is 4.00. The highest BCUT2D eigenvalue weighted by atomic mass is 19.1. The normalized spacial score (nSPS) is 16.0. The first-order valence-electron chi connectivity index (χ1n) is 7.69. The second-order valence-corrected chi connectivity index (χ2v) is 5.78. The van der Waals surface area contributed by atoms with Crippen LogP contribution in [-0.2, 0) is 10.2 Å². The van der Waals surface area contributed by atoms with E-state index in [2.05, 4.69) is 15.3 Å². The van der Waals surface area contributed by atoms with Gasteiger partial charge in [-0.3, -0.25) is 4.79 Å². The summed E-state index contributed by atoms with van der Waals surface area (Å²) in [5.41, 5.74) is 6.07. The number of nitrogens with zero attached hydrogens (tertiary/aromatic N) is 2. The molecule has 0 aliphatic heterocycles. The van der Waals surface area contributed by atoms with E-state index in [0.717, 1.165) is 0 Å². The number of aromatic nitrogens is 1. The van der Waals surface area contributed by atoms with E-state index in [9.17, 15) is 13.6 Å². The Kier molecular flexibility index (Phi) is 4.56. The summed E-state index contributed by atoms with van der Waals surface area (Å²) in [6.45, 7) is 0. The average molecular weight is 342 g/mol. The molecule has 128 valence electrons. The number of pyridine rings is 1. The molecule has 1 aromatic carbocycles. The molecule has 0 spiro atoms. The summed E-state index contributed by atoms with van der Waals surface area (Å²) in [4.78, 5) is 19.8. The van der Waals surface area contributed by atoms with Gasteiger partial charge in [-0.15, -0.1) is 0 Å². The predicted octanol–water partition coefficient (Wildman–Crippen LogP) is 2.90. The van der Waals surface area contributed by atoms with Crippen LogP contribution >= 0.6 is 0 Å². The highest BCUT2D eigenvalue weighted by Gasteiger charge is 2.51. The molecular weight excluding hydrogens is 326 g/mol. The maximum Gasteiger partial charge on any atom is 0.258 e. The highest BCUT2D eigenvalue weighted by molar-refractivity contribution is 6.04. The van der Waals surface area contributed by atoms with Crippen LogP contribution in [0, 0.1) is 11.8 Å². The Bertz CT molecular complexity index is 860. The Hall–Kier alpha value is -3.09. The van der Waals surface area contributed by atoms with Crippen LogP contribution in [0.3, 0.4) is 0 Å². The smallest absolute Gasteiger partial charge is 0.258 e. The minimum Gasteiger partial charge on any atom is -0.384 e. The third kappa shape index (κ3) is 3.88. The quantitative estimate of drug-likeness (QED) is 0.497. The molecule has 0 saturated heterocycles. The van der Waals surface area contributed by atoms with E-state index in [-0.39, 0.29) is 11.7 Å². The first-order valence-corrected chi connectivity index (χ1v) is 7.69. The van der Waals surface area contributed by atoms with Crippen molar-refractivity contribution in [3.05, 3.63) is 72.2 Å². The van der Waals surface area contributed by atoms with Crippen LogP contribution in [0.2, 0.25) is 0 Å². The summed E-state index contributed by atoms with van der Waals surface area (Å²) >= 11 is 0. The lowest BCUT2D eigenvalue weighted by molar-refractivity contribution is -0.120. The van der Waals surface area contributed by atoms with Crippen molar-refractivity contribution in [1.82, 2.24) is 4.98 Å². The van der Waals surface area contributed by atoms with Crippen molar-refractivity contribution in [2.75, 3.05) is 5.32 Å². The summed E-state index contributed by atoms with van der Waals surface area (Å²) in [5, 5.41) is 2.80. The molecule has 1 fully saturated rings. The van der Waals surface area contributed by atoms with Gasteiger partial charge >= 0.3 is 0 Å². The van der Waals surface area contributed by atoms with Crippen molar-refractivity contribution in [2.24, 2.45) is 10.7 Å². The van der Waals surface area contributed by atoms with E-state index in [1.807, 2.05) is 0 Å². The number of amidine groups is 1. The van der Waals surface area contributed by atoms with E-state index in [0.29, 0.717) is 24.1 Å². The van der Waals surface area contributed by atoms with Gasteiger partial charge in [0.05, 0.1) is 5.41 Å². The number of amides is 1. The first-order chi connectivity index (χ1) is 12.0. The number of halogens is 2. The maximum atomic E-state index is 13.4. The summed E-state index contributed by atoms with van der Waals surface area (Å²) < 4.78 is 26.3. The zero-order chi connectivity index (χ0) is 17.9. The molecule has 3 rings (SSSR count). The number of anilines is 1. The molecule has 1 saturated carbocycles. The zero-order valence-corrected chi connectivity index (χ0v) is 13.2. The topological polar surface area (TPSA) is 80.4 Å². The first kappa shape index (κ1) is 16.8. The van der Waals surface area contributed by atoms with Crippen molar-refractivity contribution in [1.29, 1.82) is 0 Å². The van der Waals surface area contributed by atoms with Gasteiger partial charge in [-0.25, -0.2) is 9.37 Å². The van der Waals surface area contributed by atoms with E-state index < -0.39 is 17.3 Å². The second kappa shape index (κ2) is 6.80. The average Bonchev–Trinajstić information content (AvgIpc) is 3.37. The van der Waals surface area contributed by atoms with Gasteiger partial charge in [-0.05, 0) is 42.7 Å². The monoisotopic (exact) mass is 342 g/mol. The number of nitrogens with one attached hydrogen (secondary N) is 1. The fraction of sp³-hybridized carbons (Fsp3) is 0.167. The molecule has 0 radical (unpaired) electrons. The van der Waals surface area contributed by atoms with Crippen LogP contribution in [0.5, 0.6) is 0 Å². The second-order valence-electron chi connectivity index (χ2n) is 5.78. The molecule has 0 unspecified atom stereocenters. The van der Waals surface area contributed by atoms with E-state index in [1.54, 1.807) is 18.2 Å². The summed E-state index contributed by atoms with van der Waals surface area (Å²) in [6.07, 6.45) is 5.40. The Morgan fingerprint density at radius 3 is 2.76 bits per heavy atom. The fourth-order valence-corrected chi connectivity index (χ4v) is 2.51. The molecule has 0 bridgehead atoms. The highest BCUT2D eigenvalue weighted by Crippen LogP contribution is 2.49. The predicted molar refractivity (Wildman–Crippen MR) is 90.9 cm³/mol. The molecule has 1 amide bonds. The third-order valence-electron chi connectivity index (χ3n) is 4.00. The summed E-state index contributed by atoms with van der Waals surface area (Å²) in [7, 11) is 0. The van der Waals surface area contributed by atoms with Gasteiger partial charge < -0.3 is 11.1 Å². The lowest BCUT2D eigenvalue weighted by atomic mass is 9.95. The van der Waals surface area contributed by atoms with Gasteiger partial charge in [0.15, 0.2) is 0 Å². The number of carbonyl (C=O) groups is 1. The van der Waals surface area contributed by atoms with Crippen molar-refractivity contribution >= 4 is 17.4 Å². The van der Waals surface area contributed by atoms with Crippen LogP contribution in [0.4, 0.5) is 14.5 Å². The summed E-state index contributed by atoms with van der Waals surface area (Å²) in [6, 6.07) is 8.77.